The van der Waals surface area contributed by atoms with Gasteiger partial charge in [0.2, 0.25) is 0 Å². The van der Waals surface area contributed by atoms with E-state index in [0.29, 0.717) is 12.1 Å². The van der Waals surface area contributed by atoms with E-state index >= 15 is 0 Å². The third-order valence-electron chi connectivity index (χ3n) is 4.10. The number of benzene rings is 1. The highest BCUT2D eigenvalue weighted by Gasteiger charge is 2.57. The molecule has 7 heteroatoms. The molecule has 5 N–H and O–H groups in total. The van der Waals surface area contributed by atoms with Crippen LogP contribution in [0.4, 0.5) is 0 Å². The lowest BCUT2D eigenvalue weighted by Crippen LogP contribution is -2.54. The average molecular weight is 306 g/mol. The van der Waals surface area contributed by atoms with E-state index in [4.69, 9.17) is 11.5 Å². The van der Waals surface area contributed by atoms with E-state index in [1.165, 1.54) is 0 Å². The Morgan fingerprint density at radius 1 is 1.17 bits per heavy atom. The van der Waals surface area contributed by atoms with E-state index in [1.54, 1.807) is 4.90 Å². The molecule has 7 nitrogen and oxygen atoms in total. The van der Waals surface area contributed by atoms with Crippen LogP contribution >= 0.6 is 0 Å². The fourth-order valence-electron chi connectivity index (χ4n) is 3.22. The summed E-state index contributed by atoms with van der Waals surface area (Å²) in [7, 11) is 0. The number of fused-ring (bicyclic) bond motifs is 1. The maximum atomic E-state index is 12.3. The number of rotatable bonds is 3. The van der Waals surface area contributed by atoms with Gasteiger partial charge in [0.1, 0.15) is 29.1 Å². The molecule has 1 aromatic rings. The van der Waals surface area contributed by atoms with Gasteiger partial charge in [-0.2, -0.15) is 10.5 Å². The van der Waals surface area contributed by atoms with Crippen LogP contribution in [-0.4, -0.2) is 23.9 Å². The van der Waals surface area contributed by atoms with E-state index < -0.39 is 11.6 Å². The number of nitrogens with zero attached hydrogens (tertiary/aromatic N) is 3. The van der Waals surface area contributed by atoms with Gasteiger partial charge in [-0.3, -0.25) is 4.79 Å². The van der Waals surface area contributed by atoms with E-state index in [0.717, 1.165) is 5.56 Å². The Morgan fingerprint density at radius 2 is 1.83 bits per heavy atom. The van der Waals surface area contributed by atoms with Crippen molar-refractivity contribution in [3.8, 4) is 12.1 Å². The van der Waals surface area contributed by atoms with Crippen molar-refractivity contribution in [1.82, 2.24) is 10.2 Å². The van der Waals surface area contributed by atoms with Gasteiger partial charge < -0.3 is 21.7 Å². The van der Waals surface area contributed by atoms with Gasteiger partial charge in [0.15, 0.2) is 5.66 Å². The molecule has 114 valence electrons. The van der Waals surface area contributed by atoms with Crippen molar-refractivity contribution >= 4 is 5.91 Å². The summed E-state index contributed by atoms with van der Waals surface area (Å²) in [5.41, 5.74) is 11.7. The Bertz CT molecular complexity index is 826. The summed E-state index contributed by atoms with van der Waals surface area (Å²) in [6, 6.07) is 13.0. The summed E-state index contributed by atoms with van der Waals surface area (Å²) in [6.07, 6.45) is 0. The second-order valence-electron chi connectivity index (χ2n) is 5.20. The molecular weight excluding hydrogens is 292 g/mol. The minimum absolute atomic E-state index is 0.0899. The predicted octanol–water partition coefficient (Wildman–Crippen LogP) is -0.242. The number of nitrogens with two attached hydrogens (primary N) is 2. The van der Waals surface area contributed by atoms with Crippen LogP contribution < -0.4 is 16.8 Å². The maximum absolute atomic E-state index is 12.3. The lowest BCUT2D eigenvalue weighted by Gasteiger charge is -2.39. The number of hydrogen-bond acceptors (Lipinski definition) is 6. The first-order valence-corrected chi connectivity index (χ1v) is 7.02. The van der Waals surface area contributed by atoms with E-state index in [9.17, 15) is 15.3 Å². The van der Waals surface area contributed by atoms with Crippen LogP contribution in [-0.2, 0) is 10.5 Å². The van der Waals surface area contributed by atoms with Crippen LogP contribution in [0.5, 0.6) is 0 Å². The second-order valence-corrected chi connectivity index (χ2v) is 5.20. The molecule has 1 unspecified atom stereocenters. The van der Waals surface area contributed by atoms with Crippen LogP contribution in [0, 0.1) is 22.7 Å². The van der Waals surface area contributed by atoms with Crippen LogP contribution in [0.25, 0.3) is 0 Å². The zero-order chi connectivity index (χ0) is 16.6. The quantitative estimate of drug-likeness (QED) is 0.706. The highest BCUT2D eigenvalue weighted by Crippen LogP contribution is 2.49. The van der Waals surface area contributed by atoms with Crippen molar-refractivity contribution in [3.63, 3.8) is 0 Å². The molecule has 0 saturated heterocycles. The van der Waals surface area contributed by atoms with Crippen LogP contribution in [0.15, 0.2) is 52.9 Å². The summed E-state index contributed by atoms with van der Waals surface area (Å²) >= 11 is 0. The van der Waals surface area contributed by atoms with Gasteiger partial charge >= 0.3 is 0 Å². The molecule has 3 rings (SSSR count). The molecular formula is C16H14N6O. The molecule has 2 aliphatic rings. The Kier molecular flexibility index (Phi) is 3.29. The lowest BCUT2D eigenvalue weighted by atomic mass is 9.89. The van der Waals surface area contributed by atoms with Gasteiger partial charge in [0, 0.05) is 24.2 Å². The van der Waals surface area contributed by atoms with Crippen molar-refractivity contribution in [2.24, 2.45) is 11.5 Å². The summed E-state index contributed by atoms with van der Waals surface area (Å²) < 4.78 is 0. The monoisotopic (exact) mass is 306 g/mol. The fourth-order valence-corrected chi connectivity index (χ4v) is 3.22. The maximum Gasteiger partial charge on any atom is 0.264 e. The number of carbonyl (C=O) groups excluding carboxylic acids is 1. The number of nitrogens with one attached hydrogen (secondary N) is 1. The van der Waals surface area contributed by atoms with E-state index in [1.807, 2.05) is 42.5 Å². The first kappa shape index (κ1) is 14.6. The third kappa shape index (κ3) is 1.75. The topological polar surface area (TPSA) is 132 Å². The molecule has 0 saturated carbocycles. The number of carbonyl (C=O) groups is 1. The largest absolute Gasteiger partial charge is 0.384 e. The van der Waals surface area contributed by atoms with Gasteiger partial charge in [-0.1, -0.05) is 30.3 Å². The Balaban J connectivity index is 2.36. The minimum Gasteiger partial charge on any atom is -0.384 e. The Hall–Kier alpha value is -3.29. The molecule has 1 atom stereocenters. The van der Waals surface area contributed by atoms with Crippen molar-refractivity contribution in [2.45, 2.75) is 5.66 Å². The average Bonchev–Trinajstić information content (AvgIpc) is 2.98. The first-order chi connectivity index (χ1) is 11.1. The van der Waals surface area contributed by atoms with Crippen LogP contribution in [0.2, 0.25) is 0 Å². The molecule has 1 amide bonds. The molecule has 23 heavy (non-hydrogen) atoms. The lowest BCUT2D eigenvalue weighted by molar-refractivity contribution is -0.118. The van der Waals surface area contributed by atoms with Gasteiger partial charge in [-0.15, -0.1) is 0 Å². The molecule has 0 radical (unpaired) electrons. The van der Waals surface area contributed by atoms with Crippen molar-refractivity contribution in [2.75, 3.05) is 13.1 Å². The van der Waals surface area contributed by atoms with Crippen molar-refractivity contribution in [1.29, 1.82) is 10.5 Å². The molecule has 1 aromatic carbocycles. The molecule has 0 fully saturated rings. The summed E-state index contributed by atoms with van der Waals surface area (Å²) in [5, 5.41) is 21.7. The fraction of sp³-hybridized carbons (Fsp3) is 0.188. The highest BCUT2D eigenvalue weighted by molar-refractivity contribution is 6.04. The number of hydrogen-bond donors (Lipinski definition) is 3. The Labute approximate surface area is 133 Å². The minimum atomic E-state index is -1.15. The van der Waals surface area contributed by atoms with Crippen molar-refractivity contribution < 1.29 is 4.79 Å². The second kappa shape index (κ2) is 5.16. The molecule has 0 aromatic heterocycles. The first-order valence-electron chi connectivity index (χ1n) is 7.02. The SMILES string of the molecule is N#CC1=C(N)N(CCN)C2(c3ccccc3)NC(=O)C(C#N)=C12. The standard InChI is InChI=1S/C16H14N6O/c17-6-7-22-14(20)11(8-18)13-12(9-19)15(23)21-16(13,22)10-4-2-1-3-5-10/h1-5H,6-7,17,20H2,(H,21,23). The van der Waals surface area contributed by atoms with Gasteiger partial charge in [0.25, 0.3) is 5.91 Å². The number of amides is 1. The molecule has 0 aliphatic carbocycles. The van der Waals surface area contributed by atoms with Gasteiger partial charge in [-0.05, 0) is 0 Å². The van der Waals surface area contributed by atoms with E-state index in [2.05, 4.69) is 5.32 Å². The zero-order valence-corrected chi connectivity index (χ0v) is 12.2. The van der Waals surface area contributed by atoms with Gasteiger partial charge in [0.05, 0.1) is 0 Å². The summed E-state index contributed by atoms with van der Waals surface area (Å²) in [6.45, 7) is 0.605. The highest BCUT2D eigenvalue weighted by atomic mass is 16.2. The zero-order valence-electron chi connectivity index (χ0n) is 12.2. The van der Waals surface area contributed by atoms with E-state index in [-0.39, 0.29) is 23.5 Å². The summed E-state index contributed by atoms with van der Waals surface area (Å²) in [4.78, 5) is 14.0. The smallest absolute Gasteiger partial charge is 0.264 e. The normalized spacial score (nSPS) is 22.7. The van der Waals surface area contributed by atoms with Crippen molar-refractivity contribution in [3.05, 3.63) is 58.4 Å². The molecule has 2 heterocycles. The molecule has 0 bridgehead atoms. The molecule has 0 spiro atoms. The summed E-state index contributed by atoms with van der Waals surface area (Å²) in [5.74, 6) is -0.307. The third-order valence-corrected chi connectivity index (χ3v) is 4.10. The van der Waals surface area contributed by atoms with Crippen LogP contribution in [0.1, 0.15) is 5.56 Å². The Morgan fingerprint density at radius 3 is 2.39 bits per heavy atom. The molecule has 2 aliphatic heterocycles. The van der Waals surface area contributed by atoms with Crippen LogP contribution in [0.3, 0.4) is 0 Å². The number of nitriles is 2. The predicted molar refractivity (Wildman–Crippen MR) is 81.5 cm³/mol. The van der Waals surface area contributed by atoms with Gasteiger partial charge in [-0.25, -0.2) is 0 Å².